The van der Waals surface area contributed by atoms with Crippen molar-refractivity contribution in [3.63, 3.8) is 0 Å². The molecule has 0 bridgehead atoms. The Morgan fingerprint density at radius 1 is 1.00 bits per heavy atom. The third kappa shape index (κ3) is 3.17. The summed E-state index contributed by atoms with van der Waals surface area (Å²) in [5, 5.41) is 0. The van der Waals surface area contributed by atoms with E-state index in [1.807, 2.05) is 12.3 Å². The molecular formula is C17H21N3. The van der Waals surface area contributed by atoms with Crippen molar-refractivity contribution in [2.45, 2.75) is 13.5 Å². The third-order valence-corrected chi connectivity index (χ3v) is 3.85. The van der Waals surface area contributed by atoms with Gasteiger partial charge in [0.15, 0.2) is 0 Å². The summed E-state index contributed by atoms with van der Waals surface area (Å²) in [6, 6.07) is 14.9. The normalized spacial score (nSPS) is 16.4. The second-order valence-corrected chi connectivity index (χ2v) is 5.42. The zero-order valence-corrected chi connectivity index (χ0v) is 12.0. The fourth-order valence-corrected chi connectivity index (χ4v) is 2.71. The topological polar surface area (TPSA) is 19.4 Å². The van der Waals surface area contributed by atoms with E-state index >= 15 is 0 Å². The van der Waals surface area contributed by atoms with Gasteiger partial charge < -0.3 is 4.90 Å². The minimum absolute atomic E-state index is 0.961. The van der Waals surface area contributed by atoms with Crippen LogP contribution in [0.2, 0.25) is 0 Å². The summed E-state index contributed by atoms with van der Waals surface area (Å²) in [6.45, 7) is 7.50. The second kappa shape index (κ2) is 6.06. The van der Waals surface area contributed by atoms with Gasteiger partial charge in [-0.05, 0) is 36.8 Å². The molecule has 20 heavy (non-hydrogen) atoms. The van der Waals surface area contributed by atoms with Gasteiger partial charge in [-0.15, -0.1) is 0 Å². The molecule has 2 heterocycles. The van der Waals surface area contributed by atoms with Crippen molar-refractivity contribution in [3.8, 4) is 0 Å². The lowest BCUT2D eigenvalue weighted by Gasteiger charge is -2.36. The predicted octanol–water partition coefficient (Wildman–Crippen LogP) is 2.71. The van der Waals surface area contributed by atoms with Gasteiger partial charge in [-0.2, -0.15) is 0 Å². The molecule has 0 atom stereocenters. The van der Waals surface area contributed by atoms with Gasteiger partial charge in [0, 0.05) is 44.6 Å². The van der Waals surface area contributed by atoms with Crippen LogP contribution in [0.25, 0.3) is 0 Å². The minimum Gasteiger partial charge on any atom is -0.369 e. The van der Waals surface area contributed by atoms with Crippen LogP contribution in [0.4, 0.5) is 5.69 Å². The van der Waals surface area contributed by atoms with Crippen LogP contribution in [0.5, 0.6) is 0 Å². The molecule has 1 fully saturated rings. The molecule has 0 aliphatic carbocycles. The molecule has 3 heteroatoms. The van der Waals surface area contributed by atoms with Crippen molar-refractivity contribution in [2.24, 2.45) is 0 Å². The summed E-state index contributed by atoms with van der Waals surface area (Å²) >= 11 is 0. The van der Waals surface area contributed by atoms with Crippen molar-refractivity contribution in [2.75, 3.05) is 31.1 Å². The Hall–Kier alpha value is -1.87. The zero-order valence-electron chi connectivity index (χ0n) is 12.0. The van der Waals surface area contributed by atoms with Crippen molar-refractivity contribution in [1.29, 1.82) is 0 Å². The third-order valence-electron chi connectivity index (χ3n) is 3.85. The van der Waals surface area contributed by atoms with Crippen LogP contribution in [-0.2, 0) is 6.54 Å². The molecule has 0 N–H and O–H groups in total. The largest absolute Gasteiger partial charge is 0.369 e. The molecule has 0 spiro atoms. The van der Waals surface area contributed by atoms with Crippen LogP contribution < -0.4 is 4.90 Å². The summed E-state index contributed by atoms with van der Waals surface area (Å²) in [7, 11) is 0. The summed E-state index contributed by atoms with van der Waals surface area (Å²) in [5.41, 5.74) is 3.84. The smallest absolute Gasteiger partial charge is 0.0543 e. The molecule has 2 aromatic rings. The average Bonchev–Trinajstić information content (AvgIpc) is 2.49. The molecule has 0 unspecified atom stereocenters. The van der Waals surface area contributed by atoms with E-state index < -0.39 is 0 Å². The van der Waals surface area contributed by atoms with E-state index in [9.17, 15) is 0 Å². The van der Waals surface area contributed by atoms with E-state index in [2.05, 4.69) is 58.1 Å². The Labute approximate surface area is 120 Å². The number of nitrogens with zero attached hydrogens (tertiary/aromatic N) is 3. The minimum atomic E-state index is 0.961. The SMILES string of the molecule is Cc1cccc(N2CCN(Cc3ccccn3)CC2)c1. The molecule has 0 saturated carbocycles. The molecule has 0 amide bonds. The summed E-state index contributed by atoms with van der Waals surface area (Å²) in [4.78, 5) is 9.36. The van der Waals surface area contributed by atoms with Gasteiger partial charge in [-0.25, -0.2) is 0 Å². The highest BCUT2D eigenvalue weighted by Crippen LogP contribution is 2.18. The molecule has 1 saturated heterocycles. The van der Waals surface area contributed by atoms with Crippen molar-refractivity contribution in [3.05, 3.63) is 59.9 Å². The standard InChI is InChI=1S/C17H21N3/c1-15-5-4-7-17(13-15)20-11-9-19(10-12-20)14-16-6-2-3-8-18-16/h2-8,13H,9-12,14H2,1H3. The van der Waals surface area contributed by atoms with E-state index in [0.717, 1.165) is 38.4 Å². The van der Waals surface area contributed by atoms with Gasteiger partial charge in [0.25, 0.3) is 0 Å². The van der Waals surface area contributed by atoms with Gasteiger partial charge in [-0.3, -0.25) is 9.88 Å². The Balaban J connectivity index is 1.57. The van der Waals surface area contributed by atoms with Crippen molar-refractivity contribution >= 4 is 5.69 Å². The number of benzene rings is 1. The molecule has 104 valence electrons. The van der Waals surface area contributed by atoms with E-state index in [4.69, 9.17) is 0 Å². The maximum Gasteiger partial charge on any atom is 0.0543 e. The first-order valence-electron chi connectivity index (χ1n) is 7.25. The molecule has 3 nitrogen and oxygen atoms in total. The first-order valence-corrected chi connectivity index (χ1v) is 7.25. The van der Waals surface area contributed by atoms with Crippen LogP contribution in [-0.4, -0.2) is 36.1 Å². The van der Waals surface area contributed by atoms with Gasteiger partial charge in [0.1, 0.15) is 0 Å². The van der Waals surface area contributed by atoms with Crippen LogP contribution in [0, 0.1) is 6.92 Å². The average molecular weight is 267 g/mol. The molecule has 3 rings (SSSR count). The Morgan fingerprint density at radius 3 is 2.55 bits per heavy atom. The summed E-state index contributed by atoms with van der Waals surface area (Å²) < 4.78 is 0. The number of anilines is 1. The Bertz CT molecular complexity index is 545. The maximum atomic E-state index is 4.41. The van der Waals surface area contributed by atoms with E-state index in [0.29, 0.717) is 0 Å². The Morgan fingerprint density at radius 2 is 1.85 bits per heavy atom. The molecule has 1 aromatic carbocycles. The maximum absolute atomic E-state index is 4.41. The number of pyridine rings is 1. The number of aromatic nitrogens is 1. The van der Waals surface area contributed by atoms with Gasteiger partial charge in [0.2, 0.25) is 0 Å². The van der Waals surface area contributed by atoms with Crippen LogP contribution >= 0.6 is 0 Å². The van der Waals surface area contributed by atoms with E-state index in [1.165, 1.54) is 11.3 Å². The van der Waals surface area contributed by atoms with Crippen molar-refractivity contribution < 1.29 is 0 Å². The quantitative estimate of drug-likeness (QED) is 0.852. The summed E-state index contributed by atoms with van der Waals surface area (Å²) in [5.74, 6) is 0. The lowest BCUT2D eigenvalue weighted by molar-refractivity contribution is 0.247. The number of hydrogen-bond acceptors (Lipinski definition) is 3. The fraction of sp³-hybridized carbons (Fsp3) is 0.353. The molecule has 1 aliphatic heterocycles. The number of aryl methyl sites for hydroxylation is 1. The highest BCUT2D eigenvalue weighted by atomic mass is 15.3. The number of rotatable bonds is 3. The van der Waals surface area contributed by atoms with Gasteiger partial charge >= 0.3 is 0 Å². The predicted molar refractivity (Wildman–Crippen MR) is 82.9 cm³/mol. The number of piperazine rings is 1. The lowest BCUT2D eigenvalue weighted by atomic mass is 10.2. The first kappa shape index (κ1) is 13.1. The lowest BCUT2D eigenvalue weighted by Crippen LogP contribution is -2.46. The second-order valence-electron chi connectivity index (χ2n) is 5.42. The molecule has 1 aromatic heterocycles. The zero-order chi connectivity index (χ0) is 13.8. The highest BCUT2D eigenvalue weighted by Gasteiger charge is 2.17. The van der Waals surface area contributed by atoms with E-state index in [1.54, 1.807) is 0 Å². The van der Waals surface area contributed by atoms with Crippen LogP contribution in [0.3, 0.4) is 0 Å². The van der Waals surface area contributed by atoms with Crippen LogP contribution in [0.1, 0.15) is 11.3 Å². The summed E-state index contributed by atoms with van der Waals surface area (Å²) in [6.07, 6.45) is 1.87. The van der Waals surface area contributed by atoms with Crippen LogP contribution in [0.15, 0.2) is 48.7 Å². The van der Waals surface area contributed by atoms with Gasteiger partial charge in [0.05, 0.1) is 5.69 Å². The number of hydrogen-bond donors (Lipinski definition) is 0. The fourth-order valence-electron chi connectivity index (χ4n) is 2.71. The van der Waals surface area contributed by atoms with Gasteiger partial charge in [-0.1, -0.05) is 18.2 Å². The first-order chi connectivity index (χ1) is 9.81. The molecular weight excluding hydrogens is 246 g/mol. The Kier molecular flexibility index (Phi) is 3.97. The monoisotopic (exact) mass is 267 g/mol. The molecule has 1 aliphatic rings. The van der Waals surface area contributed by atoms with Crippen molar-refractivity contribution in [1.82, 2.24) is 9.88 Å². The van der Waals surface area contributed by atoms with E-state index in [-0.39, 0.29) is 0 Å². The highest BCUT2D eigenvalue weighted by molar-refractivity contribution is 5.48. The molecule has 0 radical (unpaired) electrons.